The maximum Gasteiger partial charge on any atom is 0.410 e. The number of likely N-dealkylation sites (tertiary alicyclic amines) is 1. The van der Waals surface area contributed by atoms with Crippen molar-refractivity contribution in [3.05, 3.63) is 130 Å². The highest BCUT2D eigenvalue weighted by Gasteiger charge is 2.30. The molecule has 3 aromatic carbocycles. The van der Waals surface area contributed by atoms with Crippen molar-refractivity contribution in [2.45, 2.75) is 71.4 Å². The highest BCUT2D eigenvalue weighted by molar-refractivity contribution is 9.10. The molecule has 320 valence electrons. The summed E-state index contributed by atoms with van der Waals surface area (Å²) in [5.74, 6) is 0.364. The van der Waals surface area contributed by atoms with Crippen LogP contribution < -0.4 is 4.90 Å². The minimum atomic E-state index is -0.508. The first-order valence-electron chi connectivity index (χ1n) is 21.3. The second-order valence-corrected chi connectivity index (χ2v) is 18.3. The molecule has 1 amide bonds. The van der Waals surface area contributed by atoms with Gasteiger partial charge in [-0.1, -0.05) is 18.2 Å². The quantitative estimate of drug-likeness (QED) is 0.138. The molecule has 3 aliphatic rings. The summed E-state index contributed by atoms with van der Waals surface area (Å²) < 4.78 is 22.7. The second kappa shape index (κ2) is 18.3. The number of aryl methyl sites for hydroxylation is 1. The Kier molecular flexibility index (Phi) is 12.6. The summed E-state index contributed by atoms with van der Waals surface area (Å²) in [5.41, 5.74) is 7.52. The smallest absolute Gasteiger partial charge is 0.410 e. The van der Waals surface area contributed by atoms with Gasteiger partial charge in [0.1, 0.15) is 16.0 Å². The number of fused-ring (bicyclic) bond motifs is 3. The number of carbonyl (C=O) groups is 3. The van der Waals surface area contributed by atoms with Gasteiger partial charge < -0.3 is 14.5 Å². The van der Waals surface area contributed by atoms with Gasteiger partial charge in [0.15, 0.2) is 11.6 Å². The van der Waals surface area contributed by atoms with Gasteiger partial charge in [0.05, 0.1) is 34.4 Å². The predicted molar refractivity (Wildman–Crippen MR) is 243 cm³/mol. The number of aliphatic imine (C=N–C) groups is 1. The molecule has 3 aromatic heterocycles. The van der Waals surface area contributed by atoms with Gasteiger partial charge in [-0.05, 0) is 134 Å². The fourth-order valence-corrected chi connectivity index (χ4v) is 9.41. The number of Topliss-reactive ketones (excluding diaryl/α,β-unsaturated/α-hetero) is 2. The molecular weight excluding hydrogens is 849 g/mol. The molecule has 0 unspecified atom stereocenters. The maximum atomic E-state index is 14.7. The topological polar surface area (TPSA) is 123 Å². The molecule has 0 N–H and O–H groups in total. The SMILES string of the molecule is Cn1nc(Br)c2cc(C(=O)C[C@@H]3CCCN(C(=O)OC(C)(C)C)C3)ccc21.O=C(C[C@@H]1CCCN(c2ccnc3cccc(F)c23)C1)c1ccc2c(c1)C(c1ccncc1)=NC2. The number of rotatable bonds is 8. The first-order valence-corrected chi connectivity index (χ1v) is 22.1. The van der Waals surface area contributed by atoms with E-state index in [2.05, 4.69) is 35.9 Å². The van der Waals surface area contributed by atoms with E-state index in [1.54, 1.807) is 34.2 Å². The molecule has 9 rings (SSSR count). The Balaban J connectivity index is 0.000000177. The Morgan fingerprint density at radius 3 is 2.32 bits per heavy atom. The molecule has 11 nitrogen and oxygen atoms in total. The van der Waals surface area contributed by atoms with E-state index in [1.165, 1.54) is 6.07 Å². The number of piperidine rings is 2. The van der Waals surface area contributed by atoms with Crippen molar-refractivity contribution >= 4 is 66.8 Å². The van der Waals surface area contributed by atoms with E-state index >= 15 is 0 Å². The van der Waals surface area contributed by atoms with Crippen LogP contribution in [-0.2, 0) is 18.3 Å². The lowest BCUT2D eigenvalue weighted by Gasteiger charge is -2.35. The number of hydrogen-bond acceptors (Lipinski definition) is 9. The van der Waals surface area contributed by atoms with Gasteiger partial charge in [-0.15, -0.1) is 0 Å². The van der Waals surface area contributed by atoms with E-state index in [9.17, 15) is 18.8 Å². The number of ether oxygens (including phenoxy) is 1. The maximum absolute atomic E-state index is 14.7. The van der Waals surface area contributed by atoms with Crippen molar-refractivity contribution in [1.82, 2.24) is 24.6 Å². The van der Waals surface area contributed by atoms with Crippen molar-refractivity contribution in [2.24, 2.45) is 23.9 Å². The molecule has 0 saturated carbocycles. The number of benzene rings is 3. The number of pyridine rings is 2. The number of aromatic nitrogens is 4. The third-order valence-corrected chi connectivity index (χ3v) is 12.4. The predicted octanol–water partition coefficient (Wildman–Crippen LogP) is 10.2. The van der Waals surface area contributed by atoms with E-state index in [4.69, 9.17) is 9.73 Å². The zero-order valence-electron chi connectivity index (χ0n) is 35.6. The third kappa shape index (κ3) is 9.62. The Morgan fingerprint density at radius 2 is 1.56 bits per heavy atom. The first kappa shape index (κ1) is 42.9. The Labute approximate surface area is 369 Å². The molecule has 0 radical (unpaired) electrons. The van der Waals surface area contributed by atoms with Gasteiger partial charge in [-0.25, -0.2) is 9.18 Å². The minimum Gasteiger partial charge on any atom is -0.444 e. The lowest BCUT2D eigenvalue weighted by Crippen LogP contribution is -2.43. The third-order valence-electron chi connectivity index (χ3n) is 11.8. The Hall–Kier alpha value is -5.82. The number of carbonyl (C=O) groups excluding carboxylic acids is 3. The molecule has 6 aromatic rings. The minimum absolute atomic E-state index is 0.101. The summed E-state index contributed by atoms with van der Waals surface area (Å²) in [6.07, 6.45) is 9.68. The van der Waals surface area contributed by atoms with Gasteiger partial charge in [0.2, 0.25) is 0 Å². The zero-order valence-corrected chi connectivity index (χ0v) is 37.2. The van der Waals surface area contributed by atoms with Crippen molar-refractivity contribution in [2.75, 3.05) is 31.1 Å². The molecule has 0 aliphatic carbocycles. The summed E-state index contributed by atoms with van der Waals surface area (Å²) in [5, 5.41) is 5.82. The lowest BCUT2D eigenvalue weighted by molar-refractivity contribution is 0.0160. The molecule has 13 heteroatoms. The number of halogens is 2. The zero-order chi connectivity index (χ0) is 43.5. The van der Waals surface area contributed by atoms with Gasteiger partial charge in [-0.2, -0.15) is 5.10 Å². The van der Waals surface area contributed by atoms with E-state index in [0.29, 0.717) is 48.9 Å². The van der Waals surface area contributed by atoms with E-state index in [0.717, 1.165) is 87.9 Å². The van der Waals surface area contributed by atoms with Crippen molar-refractivity contribution in [3.8, 4) is 0 Å². The van der Waals surface area contributed by atoms with E-state index in [1.807, 2.05) is 88.5 Å². The molecule has 3 aliphatic heterocycles. The monoisotopic (exact) mass is 899 g/mol. The second-order valence-electron chi connectivity index (χ2n) is 17.5. The van der Waals surface area contributed by atoms with Gasteiger partial charge >= 0.3 is 6.09 Å². The van der Waals surface area contributed by atoms with Crippen LogP contribution in [0.1, 0.15) is 96.7 Å². The first-order chi connectivity index (χ1) is 29.8. The van der Waals surface area contributed by atoms with Crippen molar-refractivity contribution in [3.63, 3.8) is 0 Å². The van der Waals surface area contributed by atoms with Crippen LogP contribution in [0.25, 0.3) is 21.8 Å². The molecule has 0 bridgehead atoms. The highest BCUT2D eigenvalue weighted by Crippen LogP contribution is 2.33. The van der Waals surface area contributed by atoms with E-state index in [-0.39, 0.29) is 35.3 Å². The van der Waals surface area contributed by atoms with Crippen LogP contribution in [0.2, 0.25) is 0 Å². The fourth-order valence-electron chi connectivity index (χ4n) is 8.85. The van der Waals surface area contributed by atoms with Gasteiger partial charge in [0.25, 0.3) is 0 Å². The molecule has 2 fully saturated rings. The molecule has 62 heavy (non-hydrogen) atoms. The van der Waals surface area contributed by atoms with Crippen LogP contribution in [0.3, 0.4) is 0 Å². The number of nitrogens with zero attached hydrogens (tertiary/aromatic N) is 7. The number of hydrogen-bond donors (Lipinski definition) is 0. The molecule has 2 saturated heterocycles. The summed E-state index contributed by atoms with van der Waals surface area (Å²) in [4.78, 5) is 55.5. The molecule has 0 spiro atoms. The standard InChI is InChI=1S/C29H25FN4O.C20H26BrN3O3/c30-24-4-1-5-25-28(24)26(10-13-32-25)34-14-2-3-19(18-34)15-27(35)21-6-7-22-17-33-29(23(22)16-21)20-8-11-31-12-9-20;1-20(2,3)27-19(26)24-9-5-6-13(12-24)10-17(25)14-7-8-16-15(11-14)18(21)22-23(16)4/h1,4-13,16,19H,2-3,14-15,17-18H2;7-8,11,13H,5-6,9-10,12H2,1-4H3/t19-;13-/m00/s1. The number of ketones is 2. The normalized spacial score (nSPS) is 17.6. The van der Waals surface area contributed by atoms with Crippen LogP contribution >= 0.6 is 15.9 Å². The average Bonchev–Trinajstić information content (AvgIpc) is 3.82. The molecule has 6 heterocycles. The molecular formula is C49H51BrFN7O4. The summed E-state index contributed by atoms with van der Waals surface area (Å²) in [6.45, 7) is 9.06. The van der Waals surface area contributed by atoms with Crippen LogP contribution in [0, 0.1) is 17.7 Å². The van der Waals surface area contributed by atoms with Crippen LogP contribution in [0.4, 0.5) is 14.9 Å². The van der Waals surface area contributed by atoms with Gasteiger partial charge in [0, 0.05) is 92.3 Å². The number of amides is 1. The van der Waals surface area contributed by atoms with Crippen molar-refractivity contribution in [1.29, 1.82) is 0 Å². The fraction of sp³-hybridized carbons (Fsp3) is 0.367. The van der Waals surface area contributed by atoms with Gasteiger partial charge in [-0.3, -0.25) is 29.2 Å². The van der Waals surface area contributed by atoms with Crippen molar-refractivity contribution < 1.29 is 23.5 Å². The lowest BCUT2D eigenvalue weighted by atomic mass is 9.89. The van der Waals surface area contributed by atoms with Crippen LogP contribution in [-0.4, -0.2) is 79.8 Å². The Morgan fingerprint density at radius 1 is 0.855 bits per heavy atom. The van der Waals surface area contributed by atoms with E-state index < -0.39 is 5.60 Å². The average molecular weight is 901 g/mol. The molecule has 2 atom stereocenters. The summed E-state index contributed by atoms with van der Waals surface area (Å²) >= 11 is 3.45. The summed E-state index contributed by atoms with van der Waals surface area (Å²) in [6, 6.07) is 22.4. The largest absolute Gasteiger partial charge is 0.444 e. The Bertz CT molecular complexity index is 2670. The van der Waals surface area contributed by atoms with Crippen LogP contribution in [0.5, 0.6) is 0 Å². The number of anilines is 1. The highest BCUT2D eigenvalue weighted by atomic mass is 79.9. The van der Waals surface area contributed by atoms with Crippen LogP contribution in [0.15, 0.2) is 101 Å². The summed E-state index contributed by atoms with van der Waals surface area (Å²) in [7, 11) is 1.88.